The van der Waals surface area contributed by atoms with Gasteiger partial charge in [0, 0.05) is 36.4 Å². The smallest absolute Gasteiger partial charge is 0.269 e. The fraction of sp³-hybridized carbons (Fsp3) is 0.172. The van der Waals surface area contributed by atoms with E-state index >= 15 is 0 Å². The van der Waals surface area contributed by atoms with Gasteiger partial charge in [-0.15, -0.1) is 0 Å². The summed E-state index contributed by atoms with van der Waals surface area (Å²) in [6.45, 7) is 0. The van der Waals surface area contributed by atoms with E-state index in [1.165, 1.54) is 17.3 Å². The van der Waals surface area contributed by atoms with E-state index in [1.807, 2.05) is 48.5 Å². The SMILES string of the molecule is CNC(=O)c1cc(Oc2ccc3c(c2)CC(NC(=O)c2cccnc2Sc2ccccc2)CC3)ccn1. The van der Waals surface area contributed by atoms with Crippen molar-refractivity contribution in [2.24, 2.45) is 0 Å². The zero-order valence-electron chi connectivity index (χ0n) is 20.3. The largest absolute Gasteiger partial charge is 0.457 e. The first-order valence-corrected chi connectivity index (χ1v) is 12.9. The Kier molecular flexibility index (Phi) is 7.46. The summed E-state index contributed by atoms with van der Waals surface area (Å²) in [7, 11) is 1.56. The number of fused-ring (bicyclic) bond motifs is 1. The van der Waals surface area contributed by atoms with Gasteiger partial charge in [0.25, 0.3) is 11.8 Å². The van der Waals surface area contributed by atoms with Crippen molar-refractivity contribution in [1.29, 1.82) is 0 Å². The predicted molar refractivity (Wildman–Crippen MR) is 142 cm³/mol. The molecule has 1 aliphatic rings. The number of benzene rings is 2. The normalized spacial score (nSPS) is 14.4. The maximum Gasteiger partial charge on any atom is 0.269 e. The lowest BCUT2D eigenvalue weighted by Crippen LogP contribution is -2.39. The van der Waals surface area contributed by atoms with Crippen LogP contribution in [0.2, 0.25) is 0 Å². The lowest BCUT2D eigenvalue weighted by atomic mass is 9.88. The minimum Gasteiger partial charge on any atom is -0.457 e. The van der Waals surface area contributed by atoms with Crippen LogP contribution in [-0.4, -0.2) is 34.9 Å². The van der Waals surface area contributed by atoms with E-state index in [-0.39, 0.29) is 17.9 Å². The van der Waals surface area contributed by atoms with Crippen molar-refractivity contribution in [2.75, 3.05) is 7.05 Å². The van der Waals surface area contributed by atoms with E-state index in [4.69, 9.17) is 4.74 Å². The van der Waals surface area contributed by atoms with Crippen molar-refractivity contribution in [3.63, 3.8) is 0 Å². The molecule has 2 heterocycles. The van der Waals surface area contributed by atoms with Crippen LogP contribution in [0.3, 0.4) is 0 Å². The molecule has 0 saturated heterocycles. The Balaban J connectivity index is 1.27. The number of aromatic nitrogens is 2. The number of carbonyl (C=O) groups excluding carboxylic acids is 2. The summed E-state index contributed by atoms with van der Waals surface area (Å²) < 4.78 is 6.02. The van der Waals surface area contributed by atoms with Crippen LogP contribution in [0.15, 0.2) is 95.1 Å². The topological polar surface area (TPSA) is 93.2 Å². The zero-order chi connectivity index (χ0) is 25.6. The highest BCUT2D eigenvalue weighted by Crippen LogP contribution is 2.30. The first-order valence-electron chi connectivity index (χ1n) is 12.1. The fourth-order valence-corrected chi connectivity index (χ4v) is 5.19. The van der Waals surface area contributed by atoms with Gasteiger partial charge in [-0.05, 0) is 72.9 Å². The summed E-state index contributed by atoms with van der Waals surface area (Å²) in [6.07, 6.45) is 5.70. The Morgan fingerprint density at radius 1 is 0.892 bits per heavy atom. The molecule has 2 aromatic heterocycles. The lowest BCUT2D eigenvalue weighted by Gasteiger charge is -2.26. The van der Waals surface area contributed by atoms with Crippen molar-refractivity contribution >= 4 is 23.6 Å². The lowest BCUT2D eigenvalue weighted by molar-refractivity contribution is 0.0927. The first-order chi connectivity index (χ1) is 18.1. The third-order valence-electron chi connectivity index (χ3n) is 6.14. The molecule has 2 aromatic carbocycles. The highest BCUT2D eigenvalue weighted by molar-refractivity contribution is 7.99. The molecule has 1 atom stereocenters. The van der Waals surface area contributed by atoms with E-state index in [1.54, 1.807) is 37.6 Å². The first kappa shape index (κ1) is 24.5. The molecule has 7 nitrogen and oxygen atoms in total. The maximum absolute atomic E-state index is 13.2. The van der Waals surface area contributed by atoms with Crippen LogP contribution in [-0.2, 0) is 12.8 Å². The van der Waals surface area contributed by atoms with Gasteiger partial charge in [0.1, 0.15) is 22.2 Å². The van der Waals surface area contributed by atoms with Crippen LogP contribution in [0, 0.1) is 0 Å². The van der Waals surface area contributed by atoms with Crippen molar-refractivity contribution in [3.05, 3.63) is 108 Å². The Morgan fingerprint density at radius 2 is 1.73 bits per heavy atom. The summed E-state index contributed by atoms with van der Waals surface area (Å²) in [6, 6.07) is 22.9. The number of hydrogen-bond acceptors (Lipinski definition) is 6. The molecule has 186 valence electrons. The number of nitrogens with zero attached hydrogens (tertiary/aromatic N) is 2. The van der Waals surface area contributed by atoms with Gasteiger partial charge in [-0.2, -0.15) is 0 Å². The fourth-order valence-electron chi connectivity index (χ4n) is 4.29. The van der Waals surface area contributed by atoms with Crippen molar-refractivity contribution in [1.82, 2.24) is 20.6 Å². The zero-order valence-corrected chi connectivity index (χ0v) is 21.1. The Bertz CT molecular complexity index is 1430. The molecule has 37 heavy (non-hydrogen) atoms. The minimum absolute atomic E-state index is 0.00538. The van der Waals surface area contributed by atoms with E-state index in [2.05, 4.69) is 26.7 Å². The molecule has 0 spiro atoms. The Morgan fingerprint density at radius 3 is 2.57 bits per heavy atom. The molecule has 4 aromatic rings. The maximum atomic E-state index is 13.2. The number of rotatable bonds is 7. The van der Waals surface area contributed by atoms with Crippen LogP contribution in [0.4, 0.5) is 0 Å². The number of pyridine rings is 2. The summed E-state index contributed by atoms with van der Waals surface area (Å²) in [5.74, 6) is 0.821. The second kappa shape index (κ2) is 11.3. The Hall–Kier alpha value is -4.17. The third kappa shape index (κ3) is 5.98. The second-order valence-corrected chi connectivity index (χ2v) is 9.74. The molecule has 0 saturated carbocycles. The van der Waals surface area contributed by atoms with Crippen LogP contribution in [0.5, 0.6) is 11.5 Å². The van der Waals surface area contributed by atoms with Crippen molar-refractivity contribution in [2.45, 2.75) is 35.2 Å². The number of aryl methyl sites for hydroxylation is 1. The molecule has 2 N–H and O–H groups in total. The number of ether oxygens (including phenoxy) is 1. The highest BCUT2D eigenvalue weighted by atomic mass is 32.2. The Labute approximate surface area is 219 Å². The molecular formula is C29H26N4O3S. The van der Waals surface area contributed by atoms with Gasteiger partial charge in [0.05, 0.1) is 5.56 Å². The van der Waals surface area contributed by atoms with Gasteiger partial charge in [-0.25, -0.2) is 4.98 Å². The van der Waals surface area contributed by atoms with E-state index < -0.39 is 0 Å². The molecule has 8 heteroatoms. The van der Waals surface area contributed by atoms with Crippen LogP contribution in [0.1, 0.15) is 38.4 Å². The standard InChI is InChI=1S/C29H26N4O3S/c1-30-28(35)26-18-23(13-15-31-26)36-22-12-10-19-9-11-21(16-20(19)17-22)33-27(34)25-8-5-14-32-29(25)37-24-6-3-2-4-7-24/h2-8,10,12-15,17-18,21H,9,11,16H2,1H3,(H,30,35)(H,33,34). The average Bonchev–Trinajstić information content (AvgIpc) is 2.93. The molecule has 1 aliphatic carbocycles. The number of carbonyl (C=O) groups is 2. The van der Waals surface area contributed by atoms with Crippen LogP contribution in [0.25, 0.3) is 0 Å². The average molecular weight is 511 g/mol. The molecule has 2 amide bonds. The van der Waals surface area contributed by atoms with Crippen molar-refractivity contribution < 1.29 is 14.3 Å². The van der Waals surface area contributed by atoms with Crippen LogP contribution < -0.4 is 15.4 Å². The van der Waals surface area contributed by atoms with Gasteiger partial charge in [-0.3, -0.25) is 14.6 Å². The molecule has 0 radical (unpaired) electrons. The van der Waals surface area contributed by atoms with Gasteiger partial charge >= 0.3 is 0 Å². The van der Waals surface area contributed by atoms with Gasteiger partial charge < -0.3 is 15.4 Å². The van der Waals surface area contributed by atoms with Gasteiger partial charge in [0.2, 0.25) is 0 Å². The van der Waals surface area contributed by atoms with E-state index in [9.17, 15) is 9.59 Å². The summed E-state index contributed by atoms with van der Waals surface area (Å²) in [4.78, 5) is 34.7. The molecule has 5 rings (SSSR count). The molecule has 0 aliphatic heterocycles. The van der Waals surface area contributed by atoms with Gasteiger partial charge in [-0.1, -0.05) is 36.0 Å². The van der Waals surface area contributed by atoms with E-state index in [0.29, 0.717) is 34.2 Å². The summed E-state index contributed by atoms with van der Waals surface area (Å²) in [5, 5.41) is 6.46. The van der Waals surface area contributed by atoms with Crippen LogP contribution >= 0.6 is 11.8 Å². The van der Waals surface area contributed by atoms with Crippen molar-refractivity contribution in [3.8, 4) is 11.5 Å². The number of hydrogen-bond donors (Lipinski definition) is 2. The summed E-state index contributed by atoms with van der Waals surface area (Å²) >= 11 is 1.48. The molecule has 0 bridgehead atoms. The number of amides is 2. The third-order valence-corrected chi connectivity index (χ3v) is 7.17. The van der Waals surface area contributed by atoms with E-state index in [0.717, 1.165) is 23.3 Å². The quantitative estimate of drug-likeness (QED) is 0.361. The minimum atomic E-state index is -0.270. The predicted octanol–water partition coefficient (Wildman–Crippen LogP) is 5.07. The monoisotopic (exact) mass is 510 g/mol. The molecule has 1 unspecified atom stereocenters. The summed E-state index contributed by atoms with van der Waals surface area (Å²) in [5.41, 5.74) is 3.25. The molecular weight excluding hydrogens is 484 g/mol. The number of nitrogens with one attached hydrogen (secondary N) is 2. The highest BCUT2D eigenvalue weighted by Gasteiger charge is 2.23. The second-order valence-electron chi connectivity index (χ2n) is 8.67. The van der Waals surface area contributed by atoms with Gasteiger partial charge in [0.15, 0.2) is 0 Å². The molecule has 0 fully saturated rings.